The summed E-state index contributed by atoms with van der Waals surface area (Å²) in [5.74, 6) is 1.95. The molecule has 3 aromatic carbocycles. The van der Waals surface area contributed by atoms with Gasteiger partial charge < -0.3 is 20.3 Å². The standard InChI is InChI=1S/C35H39N3O4/c1-6-26-18-11-12-21-28(26)31(32(39)36-29-22-13-10-15-24(29)2)38(27-19-14-20-27)33(40)30(23-25-16-8-7-9-17-25)37-34(41)42-35(3,4)5/h1,7-13,15-18,21-22,27,30-31H,14,19-20,23H2,2-5H3,(H,36,39)(H,37,41). The Hall–Kier alpha value is -4.57. The number of rotatable bonds is 9. The third-order valence-corrected chi connectivity index (χ3v) is 7.33. The molecule has 1 aliphatic carbocycles. The van der Waals surface area contributed by atoms with Gasteiger partial charge in [-0.3, -0.25) is 9.59 Å². The number of carbonyl (C=O) groups is 3. The first-order chi connectivity index (χ1) is 20.1. The molecule has 0 heterocycles. The predicted octanol–water partition coefficient (Wildman–Crippen LogP) is 6.17. The summed E-state index contributed by atoms with van der Waals surface area (Å²) in [6.45, 7) is 7.22. The number of nitrogens with one attached hydrogen (secondary N) is 2. The summed E-state index contributed by atoms with van der Waals surface area (Å²) in [5.41, 5.74) is 2.75. The van der Waals surface area contributed by atoms with Crippen molar-refractivity contribution in [1.29, 1.82) is 0 Å². The van der Waals surface area contributed by atoms with E-state index >= 15 is 0 Å². The number of anilines is 1. The van der Waals surface area contributed by atoms with Crippen LogP contribution < -0.4 is 10.6 Å². The minimum atomic E-state index is -1.02. The van der Waals surface area contributed by atoms with E-state index in [0.717, 1.165) is 30.4 Å². The monoisotopic (exact) mass is 565 g/mol. The van der Waals surface area contributed by atoms with Crippen LogP contribution in [0.3, 0.4) is 0 Å². The van der Waals surface area contributed by atoms with E-state index in [1.807, 2.05) is 73.7 Å². The number of ether oxygens (including phenoxy) is 1. The Morgan fingerprint density at radius 1 is 0.976 bits per heavy atom. The fourth-order valence-corrected chi connectivity index (χ4v) is 5.06. The zero-order chi connectivity index (χ0) is 30.3. The molecule has 1 saturated carbocycles. The number of amides is 3. The molecule has 2 unspecified atom stereocenters. The minimum Gasteiger partial charge on any atom is -0.444 e. The lowest BCUT2D eigenvalue weighted by Gasteiger charge is -2.44. The molecule has 2 N–H and O–H groups in total. The molecule has 0 aliphatic heterocycles. The highest BCUT2D eigenvalue weighted by atomic mass is 16.6. The van der Waals surface area contributed by atoms with Crippen LogP contribution in [-0.2, 0) is 20.7 Å². The molecule has 218 valence electrons. The van der Waals surface area contributed by atoms with Gasteiger partial charge >= 0.3 is 6.09 Å². The maximum absolute atomic E-state index is 14.6. The van der Waals surface area contributed by atoms with Crippen molar-refractivity contribution in [3.8, 4) is 12.3 Å². The predicted molar refractivity (Wildman–Crippen MR) is 165 cm³/mol. The van der Waals surface area contributed by atoms with E-state index in [-0.39, 0.29) is 24.3 Å². The summed E-state index contributed by atoms with van der Waals surface area (Å²) in [7, 11) is 0. The largest absolute Gasteiger partial charge is 0.444 e. The van der Waals surface area contributed by atoms with Crippen LogP contribution in [0.15, 0.2) is 78.9 Å². The summed E-state index contributed by atoms with van der Waals surface area (Å²) in [5, 5.41) is 5.86. The molecular formula is C35H39N3O4. The Balaban J connectivity index is 1.78. The molecule has 1 aliphatic rings. The molecule has 0 spiro atoms. The van der Waals surface area contributed by atoms with Crippen molar-refractivity contribution in [3.05, 3.63) is 101 Å². The Kier molecular flexibility index (Phi) is 9.69. The van der Waals surface area contributed by atoms with E-state index in [4.69, 9.17) is 11.2 Å². The average molecular weight is 566 g/mol. The molecule has 42 heavy (non-hydrogen) atoms. The second-order valence-corrected chi connectivity index (χ2v) is 11.7. The highest BCUT2D eigenvalue weighted by molar-refractivity contribution is 6.00. The van der Waals surface area contributed by atoms with Crippen LogP contribution in [0.1, 0.15) is 68.3 Å². The fraction of sp³-hybridized carbons (Fsp3) is 0.343. The molecule has 0 aromatic heterocycles. The van der Waals surface area contributed by atoms with Crippen LogP contribution in [0.25, 0.3) is 0 Å². The maximum atomic E-state index is 14.6. The van der Waals surface area contributed by atoms with Crippen molar-refractivity contribution in [2.45, 2.75) is 77.1 Å². The van der Waals surface area contributed by atoms with Crippen LogP contribution >= 0.6 is 0 Å². The van der Waals surface area contributed by atoms with Crippen molar-refractivity contribution in [2.75, 3.05) is 5.32 Å². The van der Waals surface area contributed by atoms with Gasteiger partial charge in [0.1, 0.15) is 17.7 Å². The third kappa shape index (κ3) is 7.58. The Bertz CT molecular complexity index is 1450. The highest BCUT2D eigenvalue weighted by Crippen LogP contribution is 2.36. The number of alkyl carbamates (subject to hydrolysis) is 1. The second-order valence-electron chi connectivity index (χ2n) is 11.7. The van der Waals surface area contributed by atoms with Gasteiger partial charge in [-0.25, -0.2) is 4.79 Å². The van der Waals surface area contributed by atoms with Crippen molar-refractivity contribution in [1.82, 2.24) is 10.2 Å². The smallest absolute Gasteiger partial charge is 0.408 e. The number of para-hydroxylation sites is 1. The Morgan fingerprint density at radius 3 is 2.24 bits per heavy atom. The molecule has 7 nitrogen and oxygen atoms in total. The van der Waals surface area contributed by atoms with Crippen LogP contribution in [0.4, 0.5) is 10.5 Å². The van der Waals surface area contributed by atoms with E-state index in [1.54, 1.807) is 37.8 Å². The van der Waals surface area contributed by atoms with E-state index < -0.39 is 23.8 Å². The van der Waals surface area contributed by atoms with Crippen molar-refractivity contribution >= 4 is 23.6 Å². The molecular weight excluding hydrogens is 526 g/mol. The summed E-state index contributed by atoms with van der Waals surface area (Å²) in [6, 6.07) is 22.0. The number of hydrogen-bond donors (Lipinski definition) is 2. The summed E-state index contributed by atoms with van der Waals surface area (Å²) in [4.78, 5) is 43.5. The minimum absolute atomic E-state index is 0.199. The van der Waals surface area contributed by atoms with Gasteiger partial charge in [-0.1, -0.05) is 72.7 Å². The molecule has 1 fully saturated rings. The van der Waals surface area contributed by atoms with Gasteiger partial charge in [-0.15, -0.1) is 6.42 Å². The second kappa shape index (κ2) is 13.4. The van der Waals surface area contributed by atoms with Crippen molar-refractivity contribution in [2.24, 2.45) is 0 Å². The van der Waals surface area contributed by atoms with Crippen LogP contribution in [0.5, 0.6) is 0 Å². The van der Waals surface area contributed by atoms with Crippen LogP contribution in [-0.4, -0.2) is 40.5 Å². The number of hydrogen-bond acceptors (Lipinski definition) is 4. The Morgan fingerprint density at radius 2 is 1.62 bits per heavy atom. The van der Waals surface area contributed by atoms with Crippen molar-refractivity contribution < 1.29 is 19.1 Å². The van der Waals surface area contributed by atoms with Crippen LogP contribution in [0.2, 0.25) is 0 Å². The first kappa shape index (κ1) is 30.4. The average Bonchev–Trinajstić information content (AvgIpc) is 2.92. The SMILES string of the molecule is C#Cc1ccccc1C(C(=O)Nc1ccccc1C)N(C(=O)C(Cc1ccccc1)NC(=O)OC(C)(C)C)C1CCC1. The van der Waals surface area contributed by atoms with E-state index in [9.17, 15) is 14.4 Å². The van der Waals surface area contributed by atoms with E-state index in [1.165, 1.54) is 0 Å². The summed E-state index contributed by atoms with van der Waals surface area (Å²) in [6.07, 6.45) is 7.83. The summed E-state index contributed by atoms with van der Waals surface area (Å²) < 4.78 is 5.53. The van der Waals surface area contributed by atoms with Gasteiger partial charge in [-0.2, -0.15) is 0 Å². The molecule has 7 heteroatoms. The van der Waals surface area contributed by atoms with Gasteiger partial charge in [-0.05, 0) is 75.8 Å². The molecule has 0 radical (unpaired) electrons. The molecule has 4 rings (SSSR count). The molecule has 2 atom stereocenters. The van der Waals surface area contributed by atoms with Crippen LogP contribution in [0, 0.1) is 19.3 Å². The van der Waals surface area contributed by atoms with E-state index in [0.29, 0.717) is 16.8 Å². The zero-order valence-corrected chi connectivity index (χ0v) is 24.7. The topological polar surface area (TPSA) is 87.7 Å². The first-order valence-electron chi connectivity index (χ1n) is 14.3. The Labute approximate surface area is 248 Å². The number of nitrogens with zero attached hydrogens (tertiary/aromatic N) is 1. The summed E-state index contributed by atoms with van der Waals surface area (Å²) >= 11 is 0. The third-order valence-electron chi connectivity index (χ3n) is 7.33. The van der Waals surface area contributed by atoms with Gasteiger partial charge in [0.2, 0.25) is 5.91 Å². The molecule has 3 aromatic rings. The van der Waals surface area contributed by atoms with E-state index in [2.05, 4.69) is 16.6 Å². The first-order valence-corrected chi connectivity index (χ1v) is 14.3. The molecule has 0 bridgehead atoms. The number of carbonyl (C=O) groups excluding carboxylic acids is 3. The lowest BCUT2D eigenvalue weighted by atomic mass is 9.86. The number of terminal acetylenes is 1. The van der Waals surface area contributed by atoms with Gasteiger partial charge in [0.05, 0.1) is 0 Å². The highest BCUT2D eigenvalue weighted by Gasteiger charge is 2.42. The number of benzene rings is 3. The van der Waals surface area contributed by atoms with Crippen molar-refractivity contribution in [3.63, 3.8) is 0 Å². The number of aryl methyl sites for hydroxylation is 1. The molecule has 0 saturated heterocycles. The normalized spacial score (nSPS) is 14.5. The molecule has 3 amide bonds. The lowest BCUT2D eigenvalue weighted by molar-refractivity contribution is -0.145. The lowest BCUT2D eigenvalue weighted by Crippen LogP contribution is -2.57. The van der Waals surface area contributed by atoms with Gasteiger partial charge in [0, 0.05) is 23.7 Å². The van der Waals surface area contributed by atoms with Gasteiger partial charge in [0.15, 0.2) is 0 Å². The fourth-order valence-electron chi connectivity index (χ4n) is 5.06. The van der Waals surface area contributed by atoms with Gasteiger partial charge in [0.25, 0.3) is 5.91 Å². The quantitative estimate of drug-likeness (QED) is 0.304. The maximum Gasteiger partial charge on any atom is 0.408 e. The zero-order valence-electron chi connectivity index (χ0n) is 24.7.